The highest BCUT2D eigenvalue weighted by Gasteiger charge is 2.26. The van der Waals surface area contributed by atoms with Gasteiger partial charge in [-0.25, -0.2) is 8.42 Å². The Balaban J connectivity index is 2.02. The molecule has 7 heteroatoms. The number of esters is 1. The third kappa shape index (κ3) is 5.05. The van der Waals surface area contributed by atoms with Crippen LogP contribution in [-0.4, -0.2) is 44.2 Å². The van der Waals surface area contributed by atoms with E-state index in [1.165, 1.54) is 26.1 Å². The largest absolute Gasteiger partial charge is 0.453 e. The van der Waals surface area contributed by atoms with E-state index in [0.29, 0.717) is 5.56 Å². The molecule has 150 valence electrons. The van der Waals surface area contributed by atoms with Gasteiger partial charge in [-0.2, -0.15) is 4.31 Å². The molecule has 2 aromatic rings. The number of likely N-dealkylation sites (N-methyl/N-ethyl adjacent to an activating group) is 1. The fourth-order valence-electron chi connectivity index (χ4n) is 2.57. The summed E-state index contributed by atoms with van der Waals surface area (Å²) >= 11 is 0. The molecule has 0 radical (unpaired) electrons. The van der Waals surface area contributed by atoms with Crippen LogP contribution in [0.1, 0.15) is 34.0 Å². The molecule has 0 heterocycles. The molecule has 0 N–H and O–H groups in total. The summed E-state index contributed by atoms with van der Waals surface area (Å²) in [6.07, 6.45) is -1.01. The Morgan fingerprint density at radius 3 is 2.18 bits per heavy atom. The number of aryl methyl sites for hydroxylation is 3. The molecule has 0 amide bonds. The van der Waals surface area contributed by atoms with Crippen molar-refractivity contribution in [3.8, 4) is 0 Å². The van der Waals surface area contributed by atoms with Crippen LogP contribution in [0.3, 0.4) is 0 Å². The maximum atomic E-state index is 12.5. The van der Waals surface area contributed by atoms with E-state index in [4.69, 9.17) is 4.74 Å². The predicted molar refractivity (Wildman–Crippen MR) is 107 cm³/mol. The van der Waals surface area contributed by atoms with E-state index in [1.54, 1.807) is 24.3 Å². The molecular weight excluding hydrogens is 378 g/mol. The van der Waals surface area contributed by atoms with Crippen LogP contribution < -0.4 is 0 Å². The van der Waals surface area contributed by atoms with Gasteiger partial charge in [0.15, 0.2) is 6.10 Å². The monoisotopic (exact) mass is 403 g/mol. The van der Waals surface area contributed by atoms with Gasteiger partial charge in [0.25, 0.3) is 0 Å². The molecule has 6 nitrogen and oxygen atoms in total. The number of ether oxygens (including phenoxy) is 1. The Bertz CT molecular complexity index is 980. The van der Waals surface area contributed by atoms with Crippen LogP contribution in [0.25, 0.3) is 0 Å². The van der Waals surface area contributed by atoms with E-state index in [1.807, 2.05) is 26.8 Å². The molecule has 0 saturated heterocycles. The third-order valence-corrected chi connectivity index (χ3v) is 6.37. The highest BCUT2D eigenvalue weighted by Crippen LogP contribution is 2.16. The van der Waals surface area contributed by atoms with E-state index < -0.39 is 28.6 Å². The molecule has 0 spiro atoms. The van der Waals surface area contributed by atoms with Crippen LogP contribution >= 0.6 is 0 Å². The number of nitrogens with zero attached hydrogens (tertiary/aromatic N) is 1. The van der Waals surface area contributed by atoms with Gasteiger partial charge in [0.2, 0.25) is 15.8 Å². The quantitative estimate of drug-likeness (QED) is 0.524. The molecule has 0 unspecified atom stereocenters. The fraction of sp³-hybridized carbons (Fsp3) is 0.333. The lowest BCUT2D eigenvalue weighted by atomic mass is 10.0. The molecule has 0 aliphatic rings. The first kappa shape index (κ1) is 21.8. The summed E-state index contributed by atoms with van der Waals surface area (Å²) in [5.74, 6) is -1.12. The van der Waals surface area contributed by atoms with Crippen LogP contribution in [0.15, 0.2) is 47.4 Å². The highest BCUT2D eigenvalue weighted by atomic mass is 32.2. The van der Waals surface area contributed by atoms with Crippen molar-refractivity contribution in [1.29, 1.82) is 0 Å². The number of carbonyl (C=O) groups is 2. The molecule has 0 bridgehead atoms. The summed E-state index contributed by atoms with van der Waals surface area (Å²) in [5, 5.41) is 0. The van der Waals surface area contributed by atoms with Gasteiger partial charge in [-0.1, -0.05) is 29.8 Å². The van der Waals surface area contributed by atoms with Crippen molar-refractivity contribution in [2.75, 3.05) is 13.6 Å². The summed E-state index contributed by atoms with van der Waals surface area (Å²) in [7, 11) is -2.52. The molecule has 1 atom stereocenters. The number of hydrogen-bond acceptors (Lipinski definition) is 5. The van der Waals surface area contributed by atoms with Gasteiger partial charge in [-0.15, -0.1) is 0 Å². The average Bonchev–Trinajstić information content (AvgIpc) is 2.63. The van der Waals surface area contributed by atoms with E-state index in [-0.39, 0.29) is 10.7 Å². The minimum Gasteiger partial charge on any atom is -0.453 e. The first-order valence-corrected chi connectivity index (χ1v) is 10.3. The Morgan fingerprint density at radius 1 is 1.00 bits per heavy atom. The lowest BCUT2D eigenvalue weighted by molar-refractivity contribution is -0.146. The van der Waals surface area contributed by atoms with Crippen LogP contribution in [-0.2, 0) is 19.6 Å². The third-order valence-electron chi connectivity index (χ3n) is 4.55. The van der Waals surface area contributed by atoms with Gasteiger partial charge < -0.3 is 4.74 Å². The molecule has 2 rings (SSSR count). The van der Waals surface area contributed by atoms with Crippen molar-refractivity contribution < 1.29 is 22.7 Å². The minimum atomic E-state index is -3.82. The number of carbonyl (C=O) groups excluding carboxylic acids is 2. The first-order valence-electron chi connectivity index (χ1n) is 8.86. The van der Waals surface area contributed by atoms with Crippen molar-refractivity contribution in [1.82, 2.24) is 4.31 Å². The molecule has 0 aliphatic heterocycles. The summed E-state index contributed by atoms with van der Waals surface area (Å²) in [6.45, 7) is 6.68. The lowest BCUT2D eigenvalue weighted by Crippen LogP contribution is -2.35. The van der Waals surface area contributed by atoms with Crippen molar-refractivity contribution in [3.05, 3.63) is 64.7 Å². The molecule has 2 aromatic carbocycles. The summed E-state index contributed by atoms with van der Waals surface area (Å²) in [4.78, 5) is 24.7. The van der Waals surface area contributed by atoms with E-state index in [0.717, 1.165) is 21.0 Å². The van der Waals surface area contributed by atoms with E-state index in [9.17, 15) is 18.0 Å². The van der Waals surface area contributed by atoms with Crippen molar-refractivity contribution >= 4 is 21.8 Å². The maximum Gasteiger partial charge on any atom is 0.322 e. The van der Waals surface area contributed by atoms with Gasteiger partial charge in [0.05, 0.1) is 4.90 Å². The number of benzene rings is 2. The second-order valence-corrected chi connectivity index (χ2v) is 8.91. The van der Waals surface area contributed by atoms with Gasteiger partial charge in [0, 0.05) is 12.6 Å². The molecule has 0 saturated carbocycles. The first-order chi connectivity index (χ1) is 13.0. The standard InChI is InChI=1S/C21H25NO5S/c1-14-6-10-19(11-7-14)28(25,26)22(5)13-20(23)27-17(4)21(24)18-9-8-15(2)16(3)12-18/h6-12,17H,13H2,1-5H3/t17-/m0/s1. The van der Waals surface area contributed by atoms with Gasteiger partial charge in [-0.05, 0) is 57.0 Å². The second kappa shape index (κ2) is 8.67. The van der Waals surface area contributed by atoms with Gasteiger partial charge in [-0.3, -0.25) is 9.59 Å². The van der Waals surface area contributed by atoms with Crippen molar-refractivity contribution in [3.63, 3.8) is 0 Å². The molecule has 0 aliphatic carbocycles. The van der Waals surface area contributed by atoms with Crippen molar-refractivity contribution in [2.45, 2.75) is 38.7 Å². The Labute approximate surface area is 166 Å². The number of sulfonamides is 1. The molecular formula is C21H25NO5S. The number of Topliss-reactive ketones (excluding diaryl/α,β-unsaturated/α-hetero) is 1. The van der Waals surface area contributed by atoms with Gasteiger partial charge in [0.1, 0.15) is 6.54 Å². The SMILES string of the molecule is Cc1ccc(S(=O)(=O)N(C)CC(=O)O[C@@H](C)C(=O)c2ccc(C)c(C)c2)cc1. The number of hydrogen-bond donors (Lipinski definition) is 0. The van der Waals surface area contributed by atoms with Gasteiger partial charge >= 0.3 is 5.97 Å². The maximum absolute atomic E-state index is 12.5. The Hall–Kier alpha value is -2.51. The zero-order valence-electron chi connectivity index (χ0n) is 16.7. The number of ketones is 1. The topological polar surface area (TPSA) is 80.8 Å². The fourth-order valence-corrected chi connectivity index (χ4v) is 3.69. The second-order valence-electron chi connectivity index (χ2n) is 6.87. The highest BCUT2D eigenvalue weighted by molar-refractivity contribution is 7.89. The normalized spacial score (nSPS) is 12.6. The summed E-state index contributed by atoms with van der Waals surface area (Å²) in [6, 6.07) is 11.6. The predicted octanol–water partition coefficient (Wildman–Crippen LogP) is 3.05. The summed E-state index contributed by atoms with van der Waals surface area (Å²) < 4.78 is 31.2. The lowest BCUT2D eigenvalue weighted by Gasteiger charge is -2.18. The molecule has 0 fully saturated rings. The summed E-state index contributed by atoms with van der Waals surface area (Å²) in [5.41, 5.74) is 3.40. The molecule has 0 aromatic heterocycles. The van der Waals surface area contributed by atoms with Crippen LogP contribution in [0.5, 0.6) is 0 Å². The van der Waals surface area contributed by atoms with Crippen LogP contribution in [0, 0.1) is 20.8 Å². The van der Waals surface area contributed by atoms with Crippen LogP contribution in [0.2, 0.25) is 0 Å². The smallest absolute Gasteiger partial charge is 0.322 e. The number of rotatable bonds is 7. The van der Waals surface area contributed by atoms with E-state index >= 15 is 0 Å². The van der Waals surface area contributed by atoms with Crippen molar-refractivity contribution in [2.24, 2.45) is 0 Å². The Morgan fingerprint density at radius 2 is 1.61 bits per heavy atom. The Kier molecular flexibility index (Phi) is 6.74. The molecule has 28 heavy (non-hydrogen) atoms. The average molecular weight is 404 g/mol. The minimum absolute atomic E-state index is 0.0904. The zero-order valence-corrected chi connectivity index (χ0v) is 17.5. The van der Waals surface area contributed by atoms with E-state index in [2.05, 4.69) is 0 Å². The zero-order chi connectivity index (χ0) is 21.1. The van der Waals surface area contributed by atoms with Crippen LogP contribution in [0.4, 0.5) is 0 Å².